The van der Waals surface area contributed by atoms with Gasteiger partial charge in [0.25, 0.3) is 5.91 Å². The zero-order valence-electron chi connectivity index (χ0n) is 26.1. The van der Waals surface area contributed by atoms with E-state index in [0.29, 0.717) is 47.0 Å². The molecule has 1 saturated heterocycles. The van der Waals surface area contributed by atoms with Crippen LogP contribution >= 0.6 is 11.6 Å². The maximum Gasteiger partial charge on any atom is 0.287 e. The summed E-state index contributed by atoms with van der Waals surface area (Å²) in [6.07, 6.45) is 9.27. The molecule has 8 heteroatoms. The number of amides is 2. The summed E-state index contributed by atoms with van der Waals surface area (Å²) in [5.74, 6) is 0.717. The fraction of sp³-hybridized carbons (Fsp3) is 0.342. The van der Waals surface area contributed by atoms with E-state index in [1.807, 2.05) is 29.2 Å². The van der Waals surface area contributed by atoms with Crippen LogP contribution in [-0.4, -0.2) is 36.4 Å². The van der Waals surface area contributed by atoms with Gasteiger partial charge >= 0.3 is 0 Å². The van der Waals surface area contributed by atoms with Gasteiger partial charge in [-0.1, -0.05) is 59.6 Å². The summed E-state index contributed by atoms with van der Waals surface area (Å²) < 4.78 is 11.2. The Bertz CT molecular complexity index is 1800. The second-order valence-corrected chi connectivity index (χ2v) is 12.8. The van der Waals surface area contributed by atoms with Crippen LogP contribution in [-0.2, 0) is 17.8 Å². The third kappa shape index (κ3) is 7.53. The summed E-state index contributed by atoms with van der Waals surface area (Å²) in [6, 6.07) is 22.0. The fourth-order valence-corrected chi connectivity index (χ4v) is 6.83. The second-order valence-electron chi connectivity index (χ2n) is 12.3. The van der Waals surface area contributed by atoms with Gasteiger partial charge in [-0.2, -0.15) is 0 Å². The summed E-state index contributed by atoms with van der Waals surface area (Å²) in [4.78, 5) is 40.8. The zero-order chi connectivity index (χ0) is 32.0. The number of carbonyl (C=O) groups is 2. The average molecular weight is 639 g/mol. The normalized spacial score (nSPS) is 17.5. The molecule has 7 nitrogen and oxygen atoms in total. The summed E-state index contributed by atoms with van der Waals surface area (Å²) in [5.41, 5.74) is 4.93. The molecule has 2 amide bonds. The van der Waals surface area contributed by atoms with Crippen LogP contribution in [0.4, 0.5) is 0 Å². The van der Waals surface area contributed by atoms with Gasteiger partial charge in [0.1, 0.15) is 11.3 Å². The molecule has 0 bridgehead atoms. The first kappa shape index (κ1) is 31.6. The molecule has 3 aromatic carbocycles. The Kier molecular flexibility index (Phi) is 9.88. The third-order valence-electron chi connectivity index (χ3n) is 9.19. The second kappa shape index (κ2) is 14.4. The highest BCUT2D eigenvalue weighted by Gasteiger charge is 2.25. The minimum absolute atomic E-state index is 0.0437. The summed E-state index contributed by atoms with van der Waals surface area (Å²) >= 11 is 6.14. The van der Waals surface area contributed by atoms with Crippen LogP contribution in [0, 0.1) is 0 Å². The van der Waals surface area contributed by atoms with E-state index >= 15 is 0 Å². The van der Waals surface area contributed by atoms with E-state index in [9.17, 15) is 14.4 Å². The SMILES string of the molecule is COc1ccc2c(=O)cc(C(=O)N[C@H](C=C3CCC(c4ccccc4CN4CCCCC4=O)CC3)Cc3ccc(Cl)cc3)oc2c1. The molecule has 1 aromatic heterocycles. The Labute approximate surface area is 274 Å². The maximum absolute atomic E-state index is 13.5. The Hall–Kier alpha value is -4.36. The van der Waals surface area contributed by atoms with Gasteiger partial charge in [-0.3, -0.25) is 14.4 Å². The third-order valence-corrected chi connectivity index (χ3v) is 9.44. The first-order valence-corrected chi connectivity index (χ1v) is 16.5. The highest BCUT2D eigenvalue weighted by atomic mass is 35.5. The number of piperidine rings is 1. The van der Waals surface area contributed by atoms with Gasteiger partial charge in [0.15, 0.2) is 11.2 Å². The Morgan fingerprint density at radius 2 is 1.80 bits per heavy atom. The van der Waals surface area contributed by atoms with Crippen molar-refractivity contribution in [2.45, 2.75) is 69.9 Å². The smallest absolute Gasteiger partial charge is 0.287 e. The predicted molar refractivity (Wildman–Crippen MR) is 180 cm³/mol. The molecule has 46 heavy (non-hydrogen) atoms. The number of nitrogens with zero attached hydrogens (tertiary/aromatic N) is 1. The average Bonchev–Trinajstić information content (AvgIpc) is 3.07. The summed E-state index contributed by atoms with van der Waals surface area (Å²) in [5, 5.41) is 4.16. The topological polar surface area (TPSA) is 88.9 Å². The van der Waals surface area contributed by atoms with Crippen LogP contribution in [0.15, 0.2) is 93.7 Å². The molecular formula is C38H39ClN2O5. The standard InChI is InChI=1S/C38H39ClN2O5/c1-45-31-17-18-33-34(42)23-36(46-35(33)22-31)38(44)40-30(21-26-11-15-29(39)16-12-26)20-25-9-13-27(14-10-25)32-7-3-2-6-28(32)24-41-19-5-4-8-37(41)43/h2-3,6-7,11-12,15-18,20,22-23,27,30H,4-5,8-10,13-14,19,21,24H2,1H3,(H,40,44)/t27?,30-/m1/s1. The lowest BCUT2D eigenvalue weighted by Crippen LogP contribution is -2.36. The van der Waals surface area contributed by atoms with Gasteiger partial charge in [-0.05, 0) is 91.8 Å². The molecule has 1 aliphatic heterocycles. The van der Waals surface area contributed by atoms with Crippen LogP contribution < -0.4 is 15.5 Å². The van der Waals surface area contributed by atoms with Crippen molar-refractivity contribution in [3.63, 3.8) is 0 Å². The molecular weight excluding hydrogens is 600 g/mol. The molecule has 6 rings (SSSR count). The van der Waals surface area contributed by atoms with E-state index in [4.69, 9.17) is 20.8 Å². The quantitative estimate of drug-likeness (QED) is 0.191. The van der Waals surface area contributed by atoms with E-state index in [1.54, 1.807) is 18.2 Å². The van der Waals surface area contributed by atoms with Crippen molar-refractivity contribution < 1.29 is 18.7 Å². The number of benzene rings is 3. The minimum Gasteiger partial charge on any atom is -0.497 e. The first-order valence-electron chi connectivity index (χ1n) is 16.1. The van der Waals surface area contributed by atoms with Crippen molar-refractivity contribution in [3.05, 3.63) is 122 Å². The highest BCUT2D eigenvalue weighted by Crippen LogP contribution is 2.37. The number of allylic oxidation sites excluding steroid dienone is 1. The van der Waals surface area contributed by atoms with E-state index < -0.39 is 5.91 Å². The maximum atomic E-state index is 13.5. The van der Waals surface area contributed by atoms with E-state index in [0.717, 1.165) is 50.6 Å². The number of fused-ring (bicyclic) bond motifs is 1. The van der Waals surface area contributed by atoms with Gasteiger partial charge in [-0.15, -0.1) is 0 Å². The zero-order valence-corrected chi connectivity index (χ0v) is 26.9. The number of hydrogen-bond donors (Lipinski definition) is 1. The highest BCUT2D eigenvalue weighted by molar-refractivity contribution is 6.30. The molecule has 2 heterocycles. The molecule has 2 fully saturated rings. The molecule has 1 aliphatic carbocycles. The number of carbonyl (C=O) groups excluding carboxylic acids is 2. The van der Waals surface area contributed by atoms with Crippen molar-refractivity contribution in [1.29, 1.82) is 0 Å². The summed E-state index contributed by atoms with van der Waals surface area (Å²) in [6.45, 7) is 1.52. The molecule has 4 aromatic rings. The van der Waals surface area contributed by atoms with Crippen molar-refractivity contribution in [1.82, 2.24) is 10.2 Å². The molecule has 1 atom stereocenters. The molecule has 0 radical (unpaired) electrons. The number of hydrogen-bond acceptors (Lipinski definition) is 5. The molecule has 0 unspecified atom stereocenters. The predicted octanol–water partition coefficient (Wildman–Crippen LogP) is 7.59. The lowest BCUT2D eigenvalue weighted by Gasteiger charge is -2.31. The summed E-state index contributed by atoms with van der Waals surface area (Å²) in [7, 11) is 1.54. The van der Waals surface area contributed by atoms with Gasteiger partial charge in [-0.25, -0.2) is 0 Å². The van der Waals surface area contributed by atoms with Gasteiger partial charge in [0.2, 0.25) is 5.91 Å². The van der Waals surface area contributed by atoms with Gasteiger partial charge < -0.3 is 19.4 Å². The number of likely N-dealkylation sites (tertiary alicyclic amines) is 1. The van der Waals surface area contributed by atoms with Crippen LogP contribution in [0.2, 0.25) is 5.02 Å². The van der Waals surface area contributed by atoms with E-state index in [2.05, 4.69) is 35.7 Å². The number of rotatable bonds is 9. The van der Waals surface area contributed by atoms with Crippen LogP contribution in [0.5, 0.6) is 5.75 Å². The van der Waals surface area contributed by atoms with Crippen molar-refractivity contribution >= 4 is 34.4 Å². The van der Waals surface area contributed by atoms with Gasteiger partial charge in [0, 0.05) is 36.7 Å². The van der Waals surface area contributed by atoms with Crippen LogP contribution in [0.1, 0.15) is 78.1 Å². The minimum atomic E-state index is -0.451. The monoisotopic (exact) mass is 638 g/mol. The lowest BCUT2D eigenvalue weighted by atomic mass is 9.79. The van der Waals surface area contributed by atoms with E-state index in [-0.39, 0.29) is 23.1 Å². The molecule has 1 N–H and O–H groups in total. The first-order chi connectivity index (χ1) is 22.4. The van der Waals surface area contributed by atoms with Crippen molar-refractivity contribution in [2.75, 3.05) is 13.7 Å². The number of halogens is 1. The fourth-order valence-electron chi connectivity index (χ4n) is 6.70. The van der Waals surface area contributed by atoms with Gasteiger partial charge in [0.05, 0.1) is 18.5 Å². The van der Waals surface area contributed by atoms with Crippen molar-refractivity contribution in [2.24, 2.45) is 0 Å². The number of nitrogens with one attached hydrogen (secondary N) is 1. The number of ether oxygens (including phenoxy) is 1. The van der Waals surface area contributed by atoms with Crippen LogP contribution in [0.3, 0.4) is 0 Å². The molecule has 0 spiro atoms. The Balaban J connectivity index is 1.19. The molecule has 2 aliphatic rings. The molecule has 1 saturated carbocycles. The van der Waals surface area contributed by atoms with Crippen molar-refractivity contribution in [3.8, 4) is 5.75 Å². The largest absolute Gasteiger partial charge is 0.497 e. The van der Waals surface area contributed by atoms with E-state index in [1.165, 1.54) is 29.9 Å². The number of methoxy groups -OCH3 is 1. The Morgan fingerprint density at radius 1 is 1.02 bits per heavy atom. The lowest BCUT2D eigenvalue weighted by molar-refractivity contribution is -0.133. The molecule has 238 valence electrons. The van der Waals surface area contributed by atoms with Crippen LogP contribution in [0.25, 0.3) is 11.0 Å². The Morgan fingerprint density at radius 3 is 2.57 bits per heavy atom.